The molecule has 0 aromatic carbocycles. The van der Waals surface area contributed by atoms with E-state index in [0.29, 0.717) is 24.0 Å². The van der Waals surface area contributed by atoms with Gasteiger partial charge in [-0.15, -0.1) is 0 Å². The van der Waals surface area contributed by atoms with Crippen molar-refractivity contribution >= 4 is 21.9 Å². The molecule has 1 aliphatic rings. The van der Waals surface area contributed by atoms with E-state index >= 15 is 0 Å². The molecule has 2 aromatic heterocycles. The van der Waals surface area contributed by atoms with Crippen molar-refractivity contribution in [3.8, 4) is 0 Å². The van der Waals surface area contributed by atoms with Gasteiger partial charge in [0, 0.05) is 23.7 Å². The van der Waals surface area contributed by atoms with Crippen LogP contribution in [0.15, 0.2) is 41.4 Å². The number of carbonyl (C=O) groups is 1. The zero-order valence-corrected chi connectivity index (χ0v) is 17.6. The molecule has 11 nitrogen and oxygen atoms in total. The predicted octanol–water partition coefficient (Wildman–Crippen LogP) is 0.682. The van der Waals surface area contributed by atoms with Gasteiger partial charge in [-0.3, -0.25) is 8.98 Å². The second-order valence-electron chi connectivity index (χ2n) is 7.52. The molecular weight excluding hydrogens is 428 g/mol. The Labute approximate surface area is 179 Å². The van der Waals surface area contributed by atoms with Gasteiger partial charge in [0.2, 0.25) is 5.78 Å². The third-order valence-electron chi connectivity index (χ3n) is 5.03. The molecule has 4 atom stereocenters. The van der Waals surface area contributed by atoms with Gasteiger partial charge in [-0.05, 0) is 31.4 Å². The SMILES string of the molecule is C=C(C)[C@H](O)c1coc(C(=O)c2cncnc2N[C@@H]2C[C@H](COS(N)(=O)=O)[C@@H](O)C2)c1. The third-order valence-corrected chi connectivity index (χ3v) is 5.49. The molecule has 0 unspecified atom stereocenters. The summed E-state index contributed by atoms with van der Waals surface area (Å²) >= 11 is 0. The first-order chi connectivity index (χ1) is 14.5. The van der Waals surface area contributed by atoms with Crippen molar-refractivity contribution in [3.05, 3.63) is 53.9 Å². The lowest BCUT2D eigenvalue weighted by Crippen LogP contribution is -2.24. The lowest BCUT2D eigenvalue weighted by atomic mass is 10.1. The first kappa shape index (κ1) is 23.0. The molecule has 31 heavy (non-hydrogen) atoms. The van der Waals surface area contributed by atoms with E-state index in [1.165, 1.54) is 24.9 Å². The smallest absolute Gasteiger partial charge is 0.333 e. The number of aromatic nitrogens is 2. The maximum atomic E-state index is 12.9. The number of nitrogens with two attached hydrogens (primary N) is 1. The number of ketones is 1. The fraction of sp³-hybridized carbons (Fsp3) is 0.421. The topological polar surface area (TPSA) is 178 Å². The monoisotopic (exact) mass is 452 g/mol. The molecular formula is C19H24N4O7S. The maximum Gasteiger partial charge on any atom is 0.333 e. The minimum Gasteiger partial charge on any atom is -0.460 e. The molecule has 0 amide bonds. The Balaban J connectivity index is 1.72. The van der Waals surface area contributed by atoms with Crippen LogP contribution in [0.4, 0.5) is 5.82 Å². The lowest BCUT2D eigenvalue weighted by molar-refractivity contribution is 0.100. The maximum absolute atomic E-state index is 12.9. The van der Waals surface area contributed by atoms with Gasteiger partial charge in [-0.25, -0.2) is 15.1 Å². The second kappa shape index (κ2) is 9.24. The van der Waals surface area contributed by atoms with Crippen LogP contribution >= 0.6 is 0 Å². The Hall–Kier alpha value is -2.64. The Morgan fingerprint density at radius 2 is 2.23 bits per heavy atom. The van der Waals surface area contributed by atoms with Gasteiger partial charge in [-0.2, -0.15) is 8.42 Å². The Bertz CT molecular complexity index is 1070. The van der Waals surface area contributed by atoms with Crippen LogP contribution in [0.3, 0.4) is 0 Å². The number of rotatable bonds is 9. The van der Waals surface area contributed by atoms with Gasteiger partial charge in [0.1, 0.15) is 18.2 Å². The zero-order valence-electron chi connectivity index (χ0n) is 16.8. The molecule has 0 saturated heterocycles. The predicted molar refractivity (Wildman–Crippen MR) is 109 cm³/mol. The number of hydrogen-bond donors (Lipinski definition) is 4. The lowest BCUT2D eigenvalue weighted by Gasteiger charge is -2.15. The molecule has 0 spiro atoms. The van der Waals surface area contributed by atoms with E-state index in [9.17, 15) is 23.4 Å². The highest BCUT2D eigenvalue weighted by atomic mass is 32.2. The Morgan fingerprint density at radius 3 is 2.90 bits per heavy atom. The average molecular weight is 452 g/mol. The van der Waals surface area contributed by atoms with Crippen LogP contribution in [0.1, 0.15) is 47.6 Å². The zero-order chi connectivity index (χ0) is 22.8. The van der Waals surface area contributed by atoms with Crippen molar-refractivity contribution < 1.29 is 32.0 Å². The molecule has 0 radical (unpaired) electrons. The minimum atomic E-state index is -4.10. The Morgan fingerprint density at radius 1 is 1.48 bits per heavy atom. The summed E-state index contributed by atoms with van der Waals surface area (Å²) in [6.45, 7) is 5.09. The molecule has 2 heterocycles. The summed E-state index contributed by atoms with van der Waals surface area (Å²) in [5.74, 6) is -0.702. The Kier molecular flexibility index (Phi) is 6.86. The average Bonchev–Trinajstić information content (AvgIpc) is 3.32. The van der Waals surface area contributed by atoms with E-state index in [4.69, 9.17) is 9.56 Å². The van der Waals surface area contributed by atoms with Crippen molar-refractivity contribution in [2.75, 3.05) is 11.9 Å². The van der Waals surface area contributed by atoms with Crippen LogP contribution in [0, 0.1) is 5.92 Å². The molecule has 1 aliphatic carbocycles. The second-order valence-corrected chi connectivity index (χ2v) is 8.75. The van der Waals surface area contributed by atoms with E-state index in [1.807, 2.05) is 0 Å². The summed E-state index contributed by atoms with van der Waals surface area (Å²) < 4.78 is 31.9. The molecule has 0 aliphatic heterocycles. The van der Waals surface area contributed by atoms with Gasteiger partial charge in [0.25, 0.3) is 0 Å². The first-order valence-electron chi connectivity index (χ1n) is 9.43. The highest BCUT2D eigenvalue weighted by Crippen LogP contribution is 2.30. The number of nitrogens with one attached hydrogen (secondary N) is 1. The normalized spacial score (nSPS) is 22.3. The van der Waals surface area contributed by atoms with Crippen LogP contribution in [-0.2, 0) is 14.5 Å². The molecule has 2 aromatic rings. The van der Waals surface area contributed by atoms with E-state index in [0.717, 1.165) is 0 Å². The van der Waals surface area contributed by atoms with E-state index < -0.39 is 34.2 Å². The summed E-state index contributed by atoms with van der Waals surface area (Å²) in [5.41, 5.74) is 1.05. The fourth-order valence-electron chi connectivity index (χ4n) is 3.42. The van der Waals surface area contributed by atoms with Gasteiger partial charge in [0.05, 0.1) is 24.5 Å². The molecule has 1 saturated carbocycles. The molecule has 168 valence electrons. The van der Waals surface area contributed by atoms with Crippen LogP contribution < -0.4 is 10.5 Å². The highest BCUT2D eigenvalue weighted by Gasteiger charge is 2.35. The highest BCUT2D eigenvalue weighted by molar-refractivity contribution is 7.84. The van der Waals surface area contributed by atoms with Crippen molar-refractivity contribution in [1.29, 1.82) is 0 Å². The standard InChI is InChI=1S/C19H24N4O7S/c1-10(2)17(25)12-4-16(29-7-12)18(26)14-6-21-9-22-19(14)23-13-3-11(15(24)5-13)8-30-31(20,27)28/h4,6-7,9,11,13,15,17,24-25H,1,3,5,8H2,2H3,(H2,20,27,28)(H,21,22,23)/t11-,13-,15+,17+/m1/s1. The molecule has 1 fully saturated rings. The van der Waals surface area contributed by atoms with E-state index in [1.54, 1.807) is 6.92 Å². The van der Waals surface area contributed by atoms with Gasteiger partial charge < -0.3 is 19.9 Å². The third kappa shape index (κ3) is 5.74. The fourth-order valence-corrected chi connectivity index (χ4v) is 3.78. The van der Waals surface area contributed by atoms with Crippen molar-refractivity contribution in [3.63, 3.8) is 0 Å². The number of carbonyl (C=O) groups excluding carboxylic acids is 1. The van der Waals surface area contributed by atoms with Gasteiger partial charge in [-0.1, -0.05) is 6.58 Å². The molecule has 3 rings (SSSR count). The van der Waals surface area contributed by atoms with Crippen molar-refractivity contribution in [2.45, 2.75) is 38.0 Å². The van der Waals surface area contributed by atoms with Crippen LogP contribution in [0.5, 0.6) is 0 Å². The summed E-state index contributed by atoms with van der Waals surface area (Å²) in [5, 5.41) is 28.2. The molecule has 12 heteroatoms. The van der Waals surface area contributed by atoms with Gasteiger partial charge >= 0.3 is 10.3 Å². The van der Waals surface area contributed by atoms with Crippen molar-refractivity contribution in [2.24, 2.45) is 11.1 Å². The summed E-state index contributed by atoms with van der Waals surface area (Å²) in [4.78, 5) is 20.9. The summed E-state index contributed by atoms with van der Waals surface area (Å²) in [6, 6.07) is 1.14. The number of nitrogens with zero attached hydrogens (tertiary/aromatic N) is 2. The van der Waals surface area contributed by atoms with Crippen LogP contribution in [-0.4, -0.2) is 53.1 Å². The quantitative estimate of drug-likeness (QED) is 0.312. The molecule has 5 N–H and O–H groups in total. The first-order valence-corrected chi connectivity index (χ1v) is 10.9. The number of furan rings is 1. The summed E-state index contributed by atoms with van der Waals surface area (Å²) in [6.07, 6.45) is 2.80. The van der Waals surface area contributed by atoms with E-state index in [-0.39, 0.29) is 29.8 Å². The number of aliphatic hydroxyl groups is 2. The minimum absolute atomic E-state index is 0.000893. The van der Waals surface area contributed by atoms with Crippen molar-refractivity contribution in [1.82, 2.24) is 9.97 Å². The molecule has 0 bridgehead atoms. The summed E-state index contributed by atoms with van der Waals surface area (Å²) in [7, 11) is -4.10. The number of anilines is 1. The van der Waals surface area contributed by atoms with Crippen LogP contribution in [0.2, 0.25) is 0 Å². The number of hydrogen-bond acceptors (Lipinski definition) is 10. The van der Waals surface area contributed by atoms with Gasteiger partial charge in [0.15, 0.2) is 5.76 Å². The largest absolute Gasteiger partial charge is 0.460 e. The van der Waals surface area contributed by atoms with E-state index in [2.05, 4.69) is 26.0 Å². The van der Waals surface area contributed by atoms with Crippen LogP contribution in [0.25, 0.3) is 0 Å². The number of aliphatic hydroxyl groups excluding tert-OH is 2.